The van der Waals surface area contributed by atoms with Crippen molar-refractivity contribution in [3.8, 4) is 0 Å². The zero-order chi connectivity index (χ0) is 7.78. The second-order valence-electron chi connectivity index (χ2n) is 3.38. The highest BCUT2D eigenvalue weighted by molar-refractivity contribution is 6.31. The lowest BCUT2D eigenvalue weighted by atomic mass is 9.77. The van der Waals surface area contributed by atoms with Crippen molar-refractivity contribution in [3.05, 3.63) is 23.3 Å². The van der Waals surface area contributed by atoms with E-state index in [2.05, 4.69) is 32.9 Å². The molecule has 1 aliphatic rings. The van der Waals surface area contributed by atoms with E-state index < -0.39 is 0 Å². The zero-order valence-electron chi connectivity index (χ0n) is 6.61. The van der Waals surface area contributed by atoms with Gasteiger partial charge in [-0.05, 0) is 23.5 Å². The number of rotatable bonds is 0. The van der Waals surface area contributed by atoms with Crippen molar-refractivity contribution < 1.29 is 0 Å². The third kappa shape index (κ3) is 1.43. The van der Waals surface area contributed by atoms with Gasteiger partial charge < -0.3 is 0 Å². The average Bonchev–Trinajstić information content (AvgIpc) is 1.78. The van der Waals surface area contributed by atoms with Crippen molar-refractivity contribution in [2.24, 2.45) is 11.3 Å². The lowest BCUT2D eigenvalue weighted by Gasteiger charge is -2.28. The minimum absolute atomic E-state index is 0.172. The molecule has 1 radical (unpaired) electrons. The summed E-state index contributed by atoms with van der Waals surface area (Å²) in [6.45, 7) is 6.48. The molecule has 1 unspecified atom stereocenters. The van der Waals surface area contributed by atoms with E-state index in [0.29, 0.717) is 5.92 Å². The van der Waals surface area contributed by atoms with Crippen LogP contribution in [0, 0.1) is 17.4 Å². The molecule has 10 heavy (non-hydrogen) atoms. The van der Waals surface area contributed by atoms with Crippen LogP contribution in [0.1, 0.15) is 20.8 Å². The summed E-state index contributed by atoms with van der Waals surface area (Å²) in [5, 5.41) is 0.808. The second-order valence-corrected chi connectivity index (χ2v) is 3.82. The number of hydrogen-bond donors (Lipinski definition) is 0. The summed E-state index contributed by atoms with van der Waals surface area (Å²) in [6, 6.07) is 0. The molecule has 0 aromatic carbocycles. The largest absolute Gasteiger partial charge is 0.0847 e. The Morgan fingerprint density at radius 2 is 2.20 bits per heavy atom. The molecule has 0 aromatic heterocycles. The maximum atomic E-state index is 5.81. The Kier molecular flexibility index (Phi) is 1.91. The third-order valence-corrected chi connectivity index (χ3v) is 2.32. The summed E-state index contributed by atoms with van der Waals surface area (Å²) >= 11 is 5.81. The minimum atomic E-state index is 0.172. The van der Waals surface area contributed by atoms with Crippen LogP contribution >= 0.6 is 11.6 Å². The van der Waals surface area contributed by atoms with Crippen LogP contribution < -0.4 is 0 Å². The maximum absolute atomic E-state index is 5.81. The Bertz CT molecular complexity index is 187. The van der Waals surface area contributed by atoms with Crippen LogP contribution in [-0.2, 0) is 0 Å². The van der Waals surface area contributed by atoms with Gasteiger partial charge in [0.2, 0.25) is 0 Å². The van der Waals surface area contributed by atoms with Gasteiger partial charge >= 0.3 is 0 Å². The van der Waals surface area contributed by atoms with Gasteiger partial charge in [0.05, 0.1) is 0 Å². The van der Waals surface area contributed by atoms with Gasteiger partial charge in [-0.15, -0.1) is 0 Å². The monoisotopic (exact) mass is 155 g/mol. The van der Waals surface area contributed by atoms with E-state index in [-0.39, 0.29) is 5.41 Å². The molecule has 0 bridgehead atoms. The van der Waals surface area contributed by atoms with Crippen molar-refractivity contribution in [2.45, 2.75) is 20.8 Å². The summed E-state index contributed by atoms with van der Waals surface area (Å²) in [6.07, 6.45) is 7.12. The molecule has 1 aliphatic carbocycles. The Balaban J connectivity index is 2.88. The van der Waals surface area contributed by atoms with Crippen molar-refractivity contribution in [1.82, 2.24) is 0 Å². The summed E-state index contributed by atoms with van der Waals surface area (Å²) in [7, 11) is 0. The molecule has 0 saturated heterocycles. The first-order chi connectivity index (χ1) is 4.52. The van der Waals surface area contributed by atoms with Crippen LogP contribution in [0.2, 0.25) is 0 Å². The SMILES string of the molecule is CC1[C]=CC(Cl)=CC1(C)C. The van der Waals surface area contributed by atoms with Crippen molar-refractivity contribution >= 4 is 11.6 Å². The molecule has 0 fully saturated rings. The fourth-order valence-corrected chi connectivity index (χ4v) is 1.29. The van der Waals surface area contributed by atoms with Gasteiger partial charge in [-0.2, -0.15) is 0 Å². The smallest absolute Gasteiger partial charge is 0.0374 e. The lowest BCUT2D eigenvalue weighted by Crippen LogP contribution is -2.19. The molecule has 55 valence electrons. The molecule has 1 atom stereocenters. The molecule has 0 spiro atoms. The molecule has 1 rings (SSSR count). The molecule has 0 heterocycles. The van der Waals surface area contributed by atoms with E-state index in [1.54, 1.807) is 0 Å². The topological polar surface area (TPSA) is 0 Å². The molecule has 0 saturated carbocycles. The van der Waals surface area contributed by atoms with Gasteiger partial charge in [0.25, 0.3) is 0 Å². The molecule has 0 N–H and O–H groups in total. The van der Waals surface area contributed by atoms with Gasteiger partial charge in [-0.1, -0.05) is 38.4 Å². The van der Waals surface area contributed by atoms with Gasteiger partial charge in [-0.25, -0.2) is 0 Å². The fourth-order valence-electron chi connectivity index (χ4n) is 0.941. The Morgan fingerprint density at radius 3 is 2.60 bits per heavy atom. The molecule has 0 aliphatic heterocycles. The van der Waals surface area contributed by atoms with Gasteiger partial charge in [0.1, 0.15) is 0 Å². The van der Waals surface area contributed by atoms with Crippen LogP contribution in [0.25, 0.3) is 0 Å². The first kappa shape index (κ1) is 7.87. The van der Waals surface area contributed by atoms with Crippen molar-refractivity contribution in [3.63, 3.8) is 0 Å². The van der Waals surface area contributed by atoms with Crippen LogP contribution in [-0.4, -0.2) is 0 Å². The van der Waals surface area contributed by atoms with Crippen LogP contribution in [0.15, 0.2) is 17.2 Å². The van der Waals surface area contributed by atoms with E-state index >= 15 is 0 Å². The Labute approximate surface area is 67.6 Å². The maximum Gasteiger partial charge on any atom is 0.0374 e. The first-order valence-corrected chi connectivity index (χ1v) is 3.88. The number of halogens is 1. The molecule has 1 heteroatoms. The third-order valence-electron chi connectivity index (χ3n) is 2.10. The first-order valence-electron chi connectivity index (χ1n) is 3.50. The molecule has 0 nitrogen and oxygen atoms in total. The van der Waals surface area contributed by atoms with Gasteiger partial charge in [-0.3, -0.25) is 0 Å². The predicted octanol–water partition coefficient (Wildman–Crippen LogP) is 3.14. The standard InChI is InChI=1S/C9H12Cl/c1-7-4-5-8(10)6-9(7,2)3/h5-7H,1-3H3. The van der Waals surface area contributed by atoms with Crippen molar-refractivity contribution in [1.29, 1.82) is 0 Å². The quantitative estimate of drug-likeness (QED) is 0.504. The Morgan fingerprint density at radius 1 is 1.60 bits per heavy atom. The summed E-state index contributed by atoms with van der Waals surface area (Å²) in [5.74, 6) is 0.468. The van der Waals surface area contributed by atoms with Gasteiger partial charge in [0, 0.05) is 5.03 Å². The average molecular weight is 156 g/mol. The van der Waals surface area contributed by atoms with Gasteiger partial charge in [0.15, 0.2) is 0 Å². The second kappa shape index (κ2) is 2.43. The van der Waals surface area contributed by atoms with E-state index in [9.17, 15) is 0 Å². The normalized spacial score (nSPS) is 30.0. The van der Waals surface area contributed by atoms with E-state index in [0.717, 1.165) is 5.03 Å². The van der Waals surface area contributed by atoms with E-state index in [4.69, 9.17) is 11.6 Å². The van der Waals surface area contributed by atoms with Crippen LogP contribution in [0.4, 0.5) is 0 Å². The highest BCUT2D eigenvalue weighted by Gasteiger charge is 2.24. The number of hydrogen-bond acceptors (Lipinski definition) is 0. The number of allylic oxidation sites excluding steroid dienone is 4. The van der Waals surface area contributed by atoms with E-state index in [1.807, 2.05) is 6.08 Å². The van der Waals surface area contributed by atoms with E-state index in [1.165, 1.54) is 0 Å². The lowest BCUT2D eigenvalue weighted by molar-refractivity contribution is 0.354. The predicted molar refractivity (Wildman–Crippen MR) is 44.7 cm³/mol. The molecule has 0 amide bonds. The van der Waals surface area contributed by atoms with Crippen LogP contribution in [0.5, 0.6) is 0 Å². The zero-order valence-corrected chi connectivity index (χ0v) is 7.37. The van der Waals surface area contributed by atoms with Crippen LogP contribution in [0.3, 0.4) is 0 Å². The highest BCUT2D eigenvalue weighted by atomic mass is 35.5. The Hall–Kier alpha value is -0.230. The molecular weight excluding hydrogens is 144 g/mol. The fraction of sp³-hybridized carbons (Fsp3) is 0.556. The van der Waals surface area contributed by atoms with Crippen molar-refractivity contribution in [2.75, 3.05) is 0 Å². The highest BCUT2D eigenvalue weighted by Crippen LogP contribution is 2.34. The summed E-state index contributed by atoms with van der Waals surface area (Å²) < 4.78 is 0. The molecule has 0 aromatic rings. The summed E-state index contributed by atoms with van der Waals surface area (Å²) in [4.78, 5) is 0. The minimum Gasteiger partial charge on any atom is -0.0847 e. The summed E-state index contributed by atoms with van der Waals surface area (Å²) in [5.41, 5.74) is 0.172. The molecular formula is C9H12Cl.